The molecular formula is C20H28N4O3+2. The van der Waals surface area contributed by atoms with Crippen LogP contribution in [0, 0.1) is 0 Å². The molecule has 7 heteroatoms. The van der Waals surface area contributed by atoms with Crippen LogP contribution in [0.5, 0.6) is 0 Å². The fraction of sp³-hybridized carbons (Fsp3) is 0.600. The third-order valence-electron chi connectivity index (χ3n) is 5.85. The molecule has 2 saturated carbocycles. The Balaban J connectivity index is 1.73. The summed E-state index contributed by atoms with van der Waals surface area (Å²) in [6.07, 6.45) is 16.5. The van der Waals surface area contributed by atoms with Crippen LogP contribution in [0.1, 0.15) is 74.6 Å². The second kappa shape index (κ2) is 8.06. The van der Waals surface area contributed by atoms with Crippen molar-refractivity contribution in [3.05, 3.63) is 46.7 Å². The van der Waals surface area contributed by atoms with Crippen molar-refractivity contribution >= 4 is 5.91 Å². The average molecular weight is 372 g/mol. The molecule has 2 aromatic heterocycles. The zero-order valence-electron chi connectivity index (χ0n) is 15.7. The van der Waals surface area contributed by atoms with E-state index in [1.165, 1.54) is 44.7 Å². The molecule has 2 heterocycles. The highest BCUT2D eigenvalue weighted by molar-refractivity contribution is 5.93. The van der Waals surface area contributed by atoms with Crippen molar-refractivity contribution in [1.29, 1.82) is 0 Å². The van der Waals surface area contributed by atoms with Crippen molar-refractivity contribution in [3.8, 4) is 0 Å². The van der Waals surface area contributed by atoms with Gasteiger partial charge in [0, 0.05) is 10.9 Å². The quantitative estimate of drug-likeness (QED) is 0.768. The van der Waals surface area contributed by atoms with E-state index in [4.69, 9.17) is 4.52 Å². The zero-order valence-corrected chi connectivity index (χ0v) is 15.7. The van der Waals surface area contributed by atoms with E-state index >= 15 is 0 Å². The van der Waals surface area contributed by atoms with E-state index in [-0.39, 0.29) is 5.91 Å². The molecule has 144 valence electrons. The highest BCUT2D eigenvalue weighted by Gasteiger charge is 2.39. The Labute approximate surface area is 158 Å². The lowest BCUT2D eigenvalue weighted by atomic mass is 9.90. The van der Waals surface area contributed by atoms with Gasteiger partial charge in [-0.15, -0.1) is 5.01 Å². The third-order valence-corrected chi connectivity index (χ3v) is 5.85. The summed E-state index contributed by atoms with van der Waals surface area (Å²) in [7, 11) is 0. The predicted molar refractivity (Wildman–Crippen MR) is 97.9 cm³/mol. The van der Waals surface area contributed by atoms with Gasteiger partial charge in [0.25, 0.3) is 0 Å². The maximum Gasteiger partial charge on any atom is 0.431 e. The van der Waals surface area contributed by atoms with E-state index < -0.39 is 5.63 Å². The van der Waals surface area contributed by atoms with Gasteiger partial charge in [0.1, 0.15) is 10.4 Å². The largest absolute Gasteiger partial charge is 0.431 e. The van der Waals surface area contributed by atoms with E-state index in [1.54, 1.807) is 29.3 Å². The number of nitrogens with one attached hydrogen (secondary N) is 1. The first-order valence-corrected chi connectivity index (χ1v) is 10.2. The van der Waals surface area contributed by atoms with Crippen molar-refractivity contribution in [3.63, 3.8) is 0 Å². The Morgan fingerprint density at radius 2 is 1.70 bits per heavy atom. The highest BCUT2D eigenvalue weighted by atomic mass is 16.6. The van der Waals surface area contributed by atoms with Crippen LogP contribution < -0.4 is 20.4 Å². The van der Waals surface area contributed by atoms with E-state index in [1.807, 2.05) is 0 Å². The second-order valence-corrected chi connectivity index (χ2v) is 7.69. The third kappa shape index (κ3) is 3.82. The van der Waals surface area contributed by atoms with Gasteiger partial charge in [-0.2, -0.15) is 0 Å². The molecule has 7 nitrogen and oxygen atoms in total. The van der Waals surface area contributed by atoms with E-state index in [0.717, 1.165) is 30.5 Å². The van der Waals surface area contributed by atoms with E-state index in [2.05, 4.69) is 9.99 Å². The predicted octanol–water partition coefficient (Wildman–Crippen LogP) is 1.83. The van der Waals surface area contributed by atoms with Gasteiger partial charge in [-0.3, -0.25) is 9.32 Å². The Hall–Kier alpha value is -2.44. The van der Waals surface area contributed by atoms with Gasteiger partial charge in [-0.25, -0.2) is 9.78 Å². The van der Waals surface area contributed by atoms with Gasteiger partial charge in [-0.05, 0) is 31.7 Å². The molecule has 0 radical (unpaired) electrons. The summed E-state index contributed by atoms with van der Waals surface area (Å²) in [5.74, 6) is -0.342. The normalized spacial score (nSPS) is 19.1. The topological polar surface area (TPSA) is 73.5 Å². The van der Waals surface area contributed by atoms with Crippen molar-refractivity contribution in [1.82, 2.24) is 4.85 Å². The molecule has 0 amide bonds. The van der Waals surface area contributed by atoms with Gasteiger partial charge in [0.15, 0.2) is 12.4 Å². The first-order valence-electron chi connectivity index (χ1n) is 10.2. The van der Waals surface area contributed by atoms with Crippen molar-refractivity contribution < 1.29 is 19.1 Å². The van der Waals surface area contributed by atoms with Crippen molar-refractivity contribution in [2.45, 2.75) is 76.3 Å². The lowest BCUT2D eigenvalue weighted by molar-refractivity contribution is -0.781. The van der Waals surface area contributed by atoms with Gasteiger partial charge in [0.2, 0.25) is 0 Å². The molecular weight excluding hydrogens is 344 g/mol. The molecule has 0 aromatic carbocycles. The molecule has 0 unspecified atom stereocenters. The summed E-state index contributed by atoms with van der Waals surface area (Å²) in [6.45, 7) is 0. The number of hydrogen-bond donors (Lipinski definition) is 0. The molecule has 27 heavy (non-hydrogen) atoms. The number of carbonyl (C=O) groups excluding carboxylic acids is 1. The zero-order chi connectivity index (χ0) is 18.6. The summed E-state index contributed by atoms with van der Waals surface area (Å²) in [5, 5.41) is 2.27. The summed E-state index contributed by atoms with van der Waals surface area (Å²) < 4.78 is 5.31. The molecule has 4 rings (SSSR count). The number of nitrogens with zero attached hydrogens (tertiary/aromatic N) is 3. The second-order valence-electron chi connectivity index (χ2n) is 7.69. The number of rotatable bonds is 4. The Morgan fingerprint density at radius 3 is 2.26 bits per heavy atom. The van der Waals surface area contributed by atoms with Gasteiger partial charge in [-0.1, -0.05) is 38.5 Å². The summed E-state index contributed by atoms with van der Waals surface area (Å²) in [4.78, 5) is 30.9. The molecule has 0 spiro atoms. The number of H-pyrrole nitrogens is 1. The minimum Gasteiger partial charge on any atom is -0.272 e. The summed E-state index contributed by atoms with van der Waals surface area (Å²) >= 11 is 0. The van der Waals surface area contributed by atoms with E-state index in [0.29, 0.717) is 17.6 Å². The SMILES string of the molecule is O=C(c1ccc[nH+]c1)n1oc(=O)c[n+]1N(C1CCCCC1)C1CCCCC1. The molecule has 2 aromatic rings. The molecule has 1 N–H and O–H groups in total. The van der Waals surface area contributed by atoms with Crippen LogP contribution in [-0.2, 0) is 0 Å². The number of aromatic amines is 1. The van der Waals surface area contributed by atoms with Crippen LogP contribution in [0.25, 0.3) is 0 Å². The number of hydrogen-bond acceptors (Lipinski definition) is 4. The Bertz CT molecular complexity index is 799. The smallest absolute Gasteiger partial charge is 0.272 e. The maximum absolute atomic E-state index is 13.0. The highest BCUT2D eigenvalue weighted by Crippen LogP contribution is 2.27. The average Bonchev–Trinajstić information content (AvgIpc) is 3.11. The molecule has 2 fully saturated rings. The van der Waals surface area contributed by atoms with Gasteiger partial charge < -0.3 is 0 Å². The molecule has 0 atom stereocenters. The van der Waals surface area contributed by atoms with Crippen LogP contribution >= 0.6 is 0 Å². The number of carbonyl (C=O) groups is 1. The molecule has 0 bridgehead atoms. The minimum absolute atomic E-state index is 0.338. The van der Waals surface area contributed by atoms with Gasteiger partial charge >= 0.3 is 17.7 Å². The maximum atomic E-state index is 13.0. The minimum atomic E-state index is -0.500. The molecule has 2 aliphatic carbocycles. The number of aromatic nitrogens is 3. The van der Waals surface area contributed by atoms with Gasteiger partial charge in [0.05, 0.1) is 12.1 Å². The lowest BCUT2D eigenvalue weighted by Crippen LogP contribution is -2.71. The number of pyridine rings is 1. The van der Waals surface area contributed by atoms with Crippen LogP contribution in [0.2, 0.25) is 0 Å². The Morgan fingerprint density at radius 1 is 1.07 bits per heavy atom. The van der Waals surface area contributed by atoms with Crippen LogP contribution in [-0.4, -0.2) is 22.8 Å². The van der Waals surface area contributed by atoms with Crippen LogP contribution in [0.4, 0.5) is 0 Å². The van der Waals surface area contributed by atoms with E-state index in [9.17, 15) is 9.59 Å². The standard InChI is InChI=1S/C20H27N4O3/c25-19-15-22(24(27-19)20(26)16-8-7-13-21-14-16)23(17-9-3-1-4-10-17)18-11-5-2-6-12-18/h7-8,13-15,17-18H,1-6,9-12H2/q+1/p+1. The fourth-order valence-corrected chi connectivity index (χ4v) is 4.55. The monoisotopic (exact) mass is 372 g/mol. The lowest BCUT2D eigenvalue weighted by Gasteiger charge is -2.36. The first kappa shape index (κ1) is 17.9. The molecule has 0 saturated heterocycles. The molecule has 0 aliphatic heterocycles. The van der Waals surface area contributed by atoms with Crippen molar-refractivity contribution in [2.24, 2.45) is 0 Å². The molecule has 2 aliphatic rings. The Kier molecular flexibility index (Phi) is 5.36. The van der Waals surface area contributed by atoms with Crippen LogP contribution in [0.3, 0.4) is 0 Å². The summed E-state index contributed by atoms with van der Waals surface area (Å²) in [5.41, 5.74) is -0.0438. The van der Waals surface area contributed by atoms with Crippen LogP contribution in [0.15, 0.2) is 40.0 Å². The van der Waals surface area contributed by atoms with Crippen molar-refractivity contribution in [2.75, 3.05) is 5.01 Å². The summed E-state index contributed by atoms with van der Waals surface area (Å²) in [6, 6.07) is 4.16. The fourth-order valence-electron chi connectivity index (χ4n) is 4.55. The first-order chi connectivity index (χ1) is 13.2.